The Hall–Kier alpha value is -4.96. The summed E-state index contributed by atoms with van der Waals surface area (Å²) in [4.78, 5) is 67.5. The maximum atomic E-state index is 15.5. The van der Waals surface area contributed by atoms with Crippen LogP contribution in [0.3, 0.4) is 0 Å². The van der Waals surface area contributed by atoms with Crippen LogP contribution < -0.4 is 10.2 Å². The number of fused-ring (bicyclic) bond motifs is 4. The van der Waals surface area contributed by atoms with Gasteiger partial charge in [-0.05, 0) is 94.6 Å². The van der Waals surface area contributed by atoms with Gasteiger partial charge in [0.25, 0.3) is 11.8 Å². The highest BCUT2D eigenvalue weighted by Crippen LogP contribution is 2.65. The number of likely N-dealkylation sites (tertiary alicyclic amines) is 2. The van der Waals surface area contributed by atoms with Crippen molar-refractivity contribution in [2.24, 2.45) is 23.7 Å². The van der Waals surface area contributed by atoms with Gasteiger partial charge in [0.05, 0.1) is 45.3 Å². The van der Waals surface area contributed by atoms with Crippen molar-refractivity contribution in [1.82, 2.24) is 19.8 Å². The molecule has 4 heterocycles. The number of alkyl halides is 3. The minimum absolute atomic E-state index is 0.0260. The number of hydrazine groups is 1. The number of allylic oxidation sites excluding steroid dienone is 2. The summed E-state index contributed by atoms with van der Waals surface area (Å²) in [5.41, 5.74) is 2.44. The van der Waals surface area contributed by atoms with Crippen LogP contribution in [0, 0.1) is 23.7 Å². The van der Waals surface area contributed by atoms with Crippen molar-refractivity contribution in [3.63, 3.8) is 0 Å². The number of phenols is 1. The van der Waals surface area contributed by atoms with E-state index in [9.17, 15) is 27.9 Å². The van der Waals surface area contributed by atoms with E-state index in [0.29, 0.717) is 59.9 Å². The average molecular weight is 954 g/mol. The predicted molar refractivity (Wildman–Crippen MR) is 226 cm³/mol. The number of ether oxygens (including phenoxy) is 1. The number of halogens is 6. The monoisotopic (exact) mass is 951 g/mol. The highest BCUT2D eigenvalue weighted by molar-refractivity contribution is 9.10. The molecule has 0 spiro atoms. The Bertz CT molecular complexity index is 2520. The first-order valence-corrected chi connectivity index (χ1v) is 21.7. The first-order valence-electron chi connectivity index (χ1n) is 20.2. The van der Waals surface area contributed by atoms with Crippen molar-refractivity contribution in [1.29, 1.82) is 0 Å². The number of amides is 4. The molecule has 2 N–H and O–H groups in total. The molecule has 4 aromatic rings. The number of carbonyl (C=O) groups is 4. The van der Waals surface area contributed by atoms with Crippen molar-refractivity contribution in [3.05, 3.63) is 127 Å². The van der Waals surface area contributed by atoms with Crippen LogP contribution in [0.5, 0.6) is 11.5 Å². The molecule has 6 unspecified atom stereocenters. The van der Waals surface area contributed by atoms with Crippen LogP contribution in [0.1, 0.15) is 53.9 Å². The second-order valence-corrected chi connectivity index (χ2v) is 18.2. The summed E-state index contributed by atoms with van der Waals surface area (Å²) in [6.45, 7) is 2.15. The van der Waals surface area contributed by atoms with Crippen molar-refractivity contribution in [2.45, 2.75) is 55.8 Å². The van der Waals surface area contributed by atoms with Gasteiger partial charge in [0.2, 0.25) is 11.8 Å². The van der Waals surface area contributed by atoms with Gasteiger partial charge in [-0.15, -0.1) is 0 Å². The molecule has 0 bridgehead atoms. The molecule has 1 aromatic heterocycles. The molecule has 322 valence electrons. The molecule has 1 saturated carbocycles. The molecule has 11 nitrogen and oxygen atoms in total. The molecule has 3 aliphatic heterocycles. The molecule has 9 rings (SSSR count). The minimum atomic E-state index is -4.76. The first-order chi connectivity index (χ1) is 29.6. The second kappa shape index (κ2) is 16.0. The van der Waals surface area contributed by atoms with Gasteiger partial charge in [0.1, 0.15) is 0 Å². The number of nitrogens with zero attached hydrogens (tertiary/aromatic N) is 4. The van der Waals surface area contributed by atoms with Crippen molar-refractivity contribution in [3.8, 4) is 11.5 Å². The fraction of sp³-hybridized carbons (Fsp3) is 0.356. The lowest BCUT2D eigenvalue weighted by molar-refractivity contribution is -0.144. The van der Waals surface area contributed by atoms with E-state index in [2.05, 4.69) is 43.4 Å². The third kappa shape index (κ3) is 6.86. The number of phenolic OH excluding ortho intramolecular Hbond substituents is 1. The molecule has 3 saturated heterocycles. The van der Waals surface area contributed by atoms with Gasteiger partial charge >= 0.3 is 6.18 Å². The number of methoxy groups -OCH3 is 1. The Labute approximate surface area is 372 Å². The third-order valence-electron chi connectivity index (χ3n) is 13.4. The van der Waals surface area contributed by atoms with Crippen molar-refractivity contribution in [2.75, 3.05) is 25.6 Å². The molecule has 6 atom stereocenters. The molecule has 4 amide bonds. The summed E-state index contributed by atoms with van der Waals surface area (Å²) in [5, 5.41) is 11.6. The number of pyridine rings is 1. The third-order valence-corrected chi connectivity index (χ3v) is 14.5. The van der Waals surface area contributed by atoms with Gasteiger partial charge in [0, 0.05) is 42.8 Å². The lowest BCUT2D eigenvalue weighted by atomic mass is 9.49. The topological polar surface area (TPSA) is 132 Å². The number of piperidine rings is 1. The lowest BCUT2D eigenvalue weighted by Gasteiger charge is -2.50. The second-order valence-electron chi connectivity index (χ2n) is 16.5. The van der Waals surface area contributed by atoms with Crippen molar-refractivity contribution < 1.29 is 42.2 Å². The highest BCUT2D eigenvalue weighted by atomic mass is 79.9. The number of rotatable bonds is 8. The largest absolute Gasteiger partial charge is 0.503 e. The molecule has 3 aromatic carbocycles. The molecular formula is C45H39BrCl2F3N5O6. The number of benzene rings is 3. The molecule has 17 heteroatoms. The minimum Gasteiger partial charge on any atom is -0.503 e. The summed E-state index contributed by atoms with van der Waals surface area (Å²) in [6.07, 6.45) is -0.910. The molecule has 5 aliphatic rings. The zero-order valence-corrected chi connectivity index (χ0v) is 36.1. The zero-order valence-electron chi connectivity index (χ0n) is 33.0. The van der Waals surface area contributed by atoms with Crippen molar-refractivity contribution >= 4 is 68.6 Å². The number of hydrogen-bond acceptors (Lipinski definition) is 9. The fourth-order valence-corrected chi connectivity index (χ4v) is 11.4. The Morgan fingerprint density at radius 1 is 0.952 bits per heavy atom. The van der Waals surface area contributed by atoms with E-state index in [4.69, 9.17) is 27.9 Å². The van der Waals surface area contributed by atoms with Crippen LogP contribution in [-0.4, -0.2) is 74.8 Å². The van der Waals surface area contributed by atoms with E-state index in [-0.39, 0.29) is 52.5 Å². The van der Waals surface area contributed by atoms with Crippen LogP contribution in [0.4, 0.5) is 19.0 Å². The Morgan fingerprint density at radius 2 is 1.66 bits per heavy atom. The number of anilines is 1. The van der Waals surface area contributed by atoms with Gasteiger partial charge in [-0.3, -0.25) is 34.4 Å². The van der Waals surface area contributed by atoms with Gasteiger partial charge in [-0.1, -0.05) is 77.3 Å². The van der Waals surface area contributed by atoms with Gasteiger partial charge in [-0.25, -0.2) is 4.98 Å². The SMILES string of the molecule is COc1cc(C2C3=CCC4C(=O)N(C5CCN(Cc6ccccc6)CC5)C(=O)C4C3CC3C(=O)N(Nc4ncc(C(F)(F)F)cc4Cl)C(=O)C32c2ccc(Cl)cc2)cc(Br)c1O. The van der Waals surface area contributed by atoms with Gasteiger partial charge < -0.3 is 9.84 Å². The van der Waals surface area contributed by atoms with E-state index in [1.54, 1.807) is 36.4 Å². The van der Waals surface area contributed by atoms with E-state index in [1.807, 2.05) is 24.3 Å². The van der Waals surface area contributed by atoms with E-state index < -0.39 is 63.6 Å². The summed E-state index contributed by atoms with van der Waals surface area (Å²) in [7, 11) is 1.37. The average Bonchev–Trinajstić information content (AvgIpc) is 3.63. The van der Waals surface area contributed by atoms with Crippen LogP contribution in [0.2, 0.25) is 10.0 Å². The summed E-state index contributed by atoms with van der Waals surface area (Å²) < 4.78 is 46.6. The summed E-state index contributed by atoms with van der Waals surface area (Å²) in [5.74, 6) is -6.99. The Balaban J connectivity index is 1.13. The molecular weight excluding hydrogens is 914 g/mol. The van der Waals surface area contributed by atoms with Crippen LogP contribution in [-0.2, 0) is 37.3 Å². The fourth-order valence-electron chi connectivity index (χ4n) is 10.6. The summed E-state index contributed by atoms with van der Waals surface area (Å²) >= 11 is 16.2. The maximum absolute atomic E-state index is 15.5. The Morgan fingerprint density at radius 3 is 2.32 bits per heavy atom. The lowest BCUT2D eigenvalue weighted by Crippen LogP contribution is -2.53. The number of aromatic nitrogens is 1. The van der Waals surface area contributed by atoms with E-state index >= 15 is 9.59 Å². The van der Waals surface area contributed by atoms with Crippen LogP contribution in [0.15, 0.2) is 95.1 Å². The Kier molecular flexibility index (Phi) is 10.9. The van der Waals surface area contributed by atoms with Gasteiger partial charge in [-0.2, -0.15) is 18.2 Å². The number of hydrogen-bond donors (Lipinski definition) is 2. The normalized spacial score (nSPS) is 26.6. The van der Waals surface area contributed by atoms with E-state index in [0.717, 1.165) is 11.6 Å². The van der Waals surface area contributed by atoms with E-state index in [1.165, 1.54) is 17.6 Å². The van der Waals surface area contributed by atoms with Crippen LogP contribution >= 0.6 is 39.1 Å². The predicted octanol–water partition coefficient (Wildman–Crippen LogP) is 8.53. The maximum Gasteiger partial charge on any atom is 0.417 e. The standard InChI is InChI=1S/C45H39BrCl2F3N5O6/c1-62-35-18-24(17-33(46)38(35)57)37-29-11-12-30-36(42(60)55(40(30)58)28-13-15-54(16-14-28)22-23-5-3-2-4-6-23)31(29)20-32-41(59)56(43(61)44(32,37)25-7-9-27(47)10-8-25)53-39-34(48)19-26(21-52-39)45(49,50)51/h2-11,17-19,21,28,30-32,36-37,57H,12-16,20,22H2,1H3,(H,52,53). The number of imide groups is 2. The number of nitrogens with one attached hydrogen (secondary N) is 1. The number of aromatic hydroxyl groups is 1. The van der Waals surface area contributed by atoms with Gasteiger partial charge in [0.15, 0.2) is 17.3 Å². The molecule has 4 fully saturated rings. The summed E-state index contributed by atoms with van der Waals surface area (Å²) in [6, 6.07) is 20.1. The molecule has 62 heavy (non-hydrogen) atoms. The number of carbonyl (C=O) groups excluding carboxylic acids is 4. The zero-order chi connectivity index (χ0) is 43.8. The highest BCUT2D eigenvalue weighted by Gasteiger charge is 2.70. The quantitative estimate of drug-likeness (QED) is 0.132. The smallest absolute Gasteiger partial charge is 0.417 e. The molecule has 2 aliphatic carbocycles. The van der Waals surface area contributed by atoms with Crippen LogP contribution in [0.25, 0.3) is 0 Å². The first kappa shape index (κ1) is 42.3. The molecule has 0 radical (unpaired) electrons.